The molecule has 0 atom stereocenters. The van der Waals surface area contributed by atoms with Crippen molar-refractivity contribution in [3.63, 3.8) is 0 Å². The van der Waals surface area contributed by atoms with Gasteiger partial charge in [-0.05, 0) is 31.9 Å². The van der Waals surface area contributed by atoms with Gasteiger partial charge in [0, 0.05) is 13.1 Å². The Balaban J connectivity index is 1.99. The zero-order chi connectivity index (χ0) is 17.0. The van der Waals surface area contributed by atoms with E-state index in [4.69, 9.17) is 9.97 Å². The van der Waals surface area contributed by atoms with Crippen LogP contribution in [0.5, 0.6) is 0 Å². The van der Waals surface area contributed by atoms with Crippen molar-refractivity contribution >= 4 is 22.2 Å². The third kappa shape index (κ3) is 2.06. The summed E-state index contributed by atoms with van der Waals surface area (Å²) in [5, 5.41) is 4.58. The minimum atomic E-state index is 0.295. The predicted molar refractivity (Wildman–Crippen MR) is 96.1 cm³/mol. The topological polar surface area (TPSA) is 64.3 Å². The van der Waals surface area contributed by atoms with Gasteiger partial charge in [-0.3, -0.25) is 0 Å². The lowest BCUT2D eigenvalue weighted by molar-refractivity contribution is 0.622. The lowest BCUT2D eigenvalue weighted by Crippen LogP contribution is -2.04. The molecule has 0 aliphatic carbocycles. The van der Waals surface area contributed by atoms with Crippen LogP contribution in [0.15, 0.2) is 24.3 Å². The van der Waals surface area contributed by atoms with E-state index in [0.29, 0.717) is 12.0 Å². The van der Waals surface area contributed by atoms with Crippen LogP contribution in [0, 0.1) is 0 Å². The van der Waals surface area contributed by atoms with Gasteiger partial charge in [-0.2, -0.15) is 5.10 Å². The van der Waals surface area contributed by atoms with Gasteiger partial charge in [-0.1, -0.05) is 26.0 Å². The van der Waals surface area contributed by atoms with Crippen LogP contribution in [0.4, 0.5) is 0 Å². The highest BCUT2D eigenvalue weighted by atomic mass is 15.3. The fraction of sp³-hybridized carbons (Fsp3) is 0.389. The van der Waals surface area contributed by atoms with Gasteiger partial charge in [-0.15, -0.1) is 0 Å². The summed E-state index contributed by atoms with van der Waals surface area (Å²) in [6.45, 7) is 8.63. The Morgan fingerprint density at radius 3 is 2.50 bits per heavy atom. The van der Waals surface area contributed by atoms with Crippen molar-refractivity contribution in [2.24, 2.45) is 7.05 Å². The third-order valence-corrected chi connectivity index (χ3v) is 4.38. The molecule has 6 heteroatoms. The van der Waals surface area contributed by atoms with Gasteiger partial charge in [0.25, 0.3) is 0 Å². The summed E-state index contributed by atoms with van der Waals surface area (Å²) in [6, 6.07) is 8.51. The van der Waals surface area contributed by atoms with Crippen LogP contribution in [-0.2, 0) is 7.05 Å². The molecule has 0 aliphatic rings. The summed E-state index contributed by atoms with van der Waals surface area (Å²) >= 11 is 0. The van der Waals surface area contributed by atoms with Crippen molar-refractivity contribution in [3.8, 4) is 11.6 Å². The predicted octanol–water partition coefficient (Wildman–Crippen LogP) is 4.02. The Kier molecular flexibility index (Phi) is 3.23. The molecule has 4 rings (SSSR count). The lowest BCUT2D eigenvalue weighted by atomic mass is 10.1. The van der Waals surface area contributed by atoms with Gasteiger partial charge in [-0.25, -0.2) is 14.6 Å². The molecule has 0 spiro atoms. The monoisotopic (exact) mass is 322 g/mol. The summed E-state index contributed by atoms with van der Waals surface area (Å²) < 4.78 is 4.07. The molecule has 0 saturated heterocycles. The highest BCUT2D eigenvalue weighted by Crippen LogP contribution is 2.30. The Labute approximate surface area is 140 Å². The maximum Gasteiger partial charge on any atom is 0.177 e. The second-order valence-electron chi connectivity index (χ2n) is 6.84. The maximum absolute atomic E-state index is 4.82. The third-order valence-electron chi connectivity index (χ3n) is 4.38. The van der Waals surface area contributed by atoms with Crippen LogP contribution in [0.2, 0.25) is 0 Å². The largest absolute Gasteiger partial charge is 0.332 e. The van der Waals surface area contributed by atoms with Crippen LogP contribution < -0.4 is 0 Å². The van der Waals surface area contributed by atoms with Crippen molar-refractivity contribution in [2.75, 3.05) is 0 Å². The fourth-order valence-corrected chi connectivity index (χ4v) is 3.28. The Bertz CT molecular complexity index is 1030. The van der Waals surface area contributed by atoms with Crippen molar-refractivity contribution < 1.29 is 0 Å². The second-order valence-corrected chi connectivity index (χ2v) is 6.84. The number of para-hydroxylation sites is 2. The molecule has 0 amide bonds. The van der Waals surface area contributed by atoms with Crippen LogP contribution in [-0.4, -0.2) is 29.3 Å². The van der Waals surface area contributed by atoms with Crippen LogP contribution >= 0.6 is 0 Å². The summed E-state index contributed by atoms with van der Waals surface area (Å²) in [4.78, 5) is 13.1. The number of imidazole rings is 2. The molecule has 3 aromatic heterocycles. The molecule has 0 fully saturated rings. The molecule has 124 valence electrons. The van der Waals surface area contributed by atoms with Crippen molar-refractivity contribution in [2.45, 2.75) is 39.7 Å². The molecule has 24 heavy (non-hydrogen) atoms. The first-order valence-corrected chi connectivity index (χ1v) is 8.37. The van der Waals surface area contributed by atoms with Crippen LogP contribution in [0.1, 0.15) is 45.3 Å². The minimum Gasteiger partial charge on any atom is -0.332 e. The van der Waals surface area contributed by atoms with E-state index in [9.17, 15) is 0 Å². The quantitative estimate of drug-likeness (QED) is 0.619. The van der Waals surface area contributed by atoms with E-state index in [0.717, 1.165) is 39.5 Å². The molecular weight excluding hydrogens is 300 g/mol. The van der Waals surface area contributed by atoms with Crippen molar-refractivity contribution in [1.29, 1.82) is 0 Å². The SMILES string of the molecule is CC(C)c1nn(C)c2nc(-c3nc4ccccc4n3C(C)C)[nH]c12. The number of hydrogen-bond acceptors (Lipinski definition) is 3. The minimum absolute atomic E-state index is 0.295. The summed E-state index contributed by atoms with van der Waals surface area (Å²) in [6.07, 6.45) is 0. The van der Waals surface area contributed by atoms with Gasteiger partial charge >= 0.3 is 0 Å². The molecule has 1 N–H and O–H groups in total. The van der Waals surface area contributed by atoms with Gasteiger partial charge < -0.3 is 9.55 Å². The molecule has 3 heterocycles. The van der Waals surface area contributed by atoms with Crippen LogP contribution in [0.25, 0.3) is 33.8 Å². The first-order valence-electron chi connectivity index (χ1n) is 8.37. The smallest absolute Gasteiger partial charge is 0.177 e. The molecule has 0 saturated carbocycles. The lowest BCUT2D eigenvalue weighted by Gasteiger charge is -2.11. The number of nitrogens with one attached hydrogen (secondary N) is 1. The molecule has 0 unspecified atom stereocenters. The number of fused-ring (bicyclic) bond motifs is 2. The molecule has 1 aromatic carbocycles. The zero-order valence-corrected chi connectivity index (χ0v) is 14.7. The number of hydrogen-bond donors (Lipinski definition) is 1. The molecular formula is C18H22N6. The second kappa shape index (κ2) is 5.19. The van der Waals surface area contributed by atoms with E-state index in [1.54, 1.807) is 0 Å². The maximum atomic E-state index is 4.82. The van der Waals surface area contributed by atoms with Gasteiger partial charge in [0.1, 0.15) is 5.52 Å². The summed E-state index contributed by atoms with van der Waals surface area (Å²) in [7, 11) is 1.93. The van der Waals surface area contributed by atoms with E-state index in [1.165, 1.54) is 0 Å². The number of benzene rings is 1. The van der Waals surface area contributed by atoms with E-state index >= 15 is 0 Å². The van der Waals surface area contributed by atoms with E-state index in [2.05, 4.69) is 48.4 Å². The van der Waals surface area contributed by atoms with Crippen LogP contribution in [0.3, 0.4) is 0 Å². The average Bonchev–Trinajstić information content (AvgIpc) is 3.19. The number of nitrogens with zero attached hydrogens (tertiary/aromatic N) is 5. The fourth-order valence-electron chi connectivity index (χ4n) is 3.28. The normalized spacial score (nSPS) is 12.3. The van der Waals surface area contributed by atoms with Gasteiger partial charge in [0.05, 0.1) is 16.7 Å². The number of H-pyrrole nitrogens is 1. The zero-order valence-electron chi connectivity index (χ0n) is 14.7. The molecule has 0 aliphatic heterocycles. The highest BCUT2D eigenvalue weighted by Gasteiger charge is 2.21. The Hall–Kier alpha value is -2.63. The number of aromatic nitrogens is 6. The molecule has 0 radical (unpaired) electrons. The summed E-state index contributed by atoms with van der Waals surface area (Å²) in [5.41, 5.74) is 5.04. The van der Waals surface area contributed by atoms with Gasteiger partial charge in [0.15, 0.2) is 17.3 Å². The van der Waals surface area contributed by atoms with E-state index in [1.807, 2.05) is 29.9 Å². The first kappa shape index (κ1) is 14.9. The highest BCUT2D eigenvalue weighted by molar-refractivity contribution is 5.83. The Morgan fingerprint density at radius 1 is 1.04 bits per heavy atom. The number of aromatic amines is 1. The Morgan fingerprint density at radius 2 is 1.79 bits per heavy atom. The standard InChI is InChI=1S/C18H22N6/c1-10(2)14-15-17(23(5)22-14)21-16(20-15)18-19-12-8-6-7-9-13(12)24(18)11(3)4/h6-11H,1-5H3,(H,20,21). The molecule has 0 bridgehead atoms. The van der Waals surface area contributed by atoms with Gasteiger partial charge in [0.2, 0.25) is 0 Å². The molecule has 6 nitrogen and oxygen atoms in total. The first-order chi connectivity index (χ1) is 11.5. The number of rotatable bonds is 3. The van der Waals surface area contributed by atoms with E-state index in [-0.39, 0.29) is 0 Å². The summed E-state index contributed by atoms with van der Waals surface area (Å²) in [5.74, 6) is 2.01. The average molecular weight is 322 g/mol. The number of aryl methyl sites for hydroxylation is 1. The molecule has 4 aromatic rings. The van der Waals surface area contributed by atoms with Crippen molar-refractivity contribution in [1.82, 2.24) is 29.3 Å². The van der Waals surface area contributed by atoms with Crippen molar-refractivity contribution in [3.05, 3.63) is 30.0 Å². The van der Waals surface area contributed by atoms with E-state index < -0.39 is 0 Å².